The first-order valence-corrected chi connectivity index (χ1v) is 8.37. The number of ketones is 1. The van der Waals surface area contributed by atoms with Crippen LogP contribution in [0.25, 0.3) is 0 Å². The number of carbonyl (C=O) groups excluding carboxylic acids is 1. The largest absolute Gasteiger partial charge is 0.397 e. The number of rotatable bonds is 4. The van der Waals surface area contributed by atoms with Gasteiger partial charge in [-0.1, -0.05) is 41.9 Å². The van der Waals surface area contributed by atoms with E-state index < -0.39 is 0 Å². The van der Waals surface area contributed by atoms with Gasteiger partial charge >= 0.3 is 0 Å². The minimum Gasteiger partial charge on any atom is -0.397 e. The fourth-order valence-electron chi connectivity index (χ4n) is 2.85. The number of nitrogens with one attached hydrogen (secondary N) is 1. The number of halogens is 1. The van der Waals surface area contributed by atoms with Crippen molar-refractivity contribution in [2.75, 3.05) is 11.1 Å². The molecule has 126 valence electrons. The summed E-state index contributed by atoms with van der Waals surface area (Å²) in [6.07, 6.45) is 0. The van der Waals surface area contributed by atoms with Crippen molar-refractivity contribution >= 4 is 34.4 Å². The molecule has 0 fully saturated rings. The van der Waals surface area contributed by atoms with Gasteiger partial charge in [0.2, 0.25) is 0 Å². The summed E-state index contributed by atoms with van der Waals surface area (Å²) in [5.74, 6) is -0.0635. The van der Waals surface area contributed by atoms with Gasteiger partial charge in [0, 0.05) is 16.8 Å². The van der Waals surface area contributed by atoms with Gasteiger partial charge in [0.25, 0.3) is 0 Å². The van der Waals surface area contributed by atoms with Crippen LogP contribution in [0.5, 0.6) is 0 Å². The van der Waals surface area contributed by atoms with Crippen molar-refractivity contribution in [2.45, 2.75) is 13.8 Å². The Labute approximate surface area is 152 Å². The highest BCUT2D eigenvalue weighted by Gasteiger charge is 2.17. The van der Waals surface area contributed by atoms with Crippen molar-refractivity contribution in [3.63, 3.8) is 0 Å². The number of carbonyl (C=O) groups is 1. The number of nitrogen functional groups attached to an aromatic ring is 1. The maximum Gasteiger partial charge on any atom is 0.195 e. The molecule has 0 heterocycles. The van der Waals surface area contributed by atoms with Gasteiger partial charge in [0.15, 0.2) is 5.78 Å². The Bertz CT molecular complexity index is 930. The van der Waals surface area contributed by atoms with Gasteiger partial charge in [-0.3, -0.25) is 4.79 Å². The average molecular weight is 351 g/mol. The van der Waals surface area contributed by atoms with Crippen molar-refractivity contribution < 1.29 is 4.79 Å². The fourth-order valence-corrected chi connectivity index (χ4v) is 3.12. The fraction of sp³-hybridized carbons (Fsp3) is 0.0952. The summed E-state index contributed by atoms with van der Waals surface area (Å²) in [7, 11) is 0. The van der Waals surface area contributed by atoms with Crippen LogP contribution in [0, 0.1) is 13.8 Å². The summed E-state index contributed by atoms with van der Waals surface area (Å²) in [4.78, 5) is 12.9. The van der Waals surface area contributed by atoms with E-state index in [1.54, 1.807) is 12.1 Å². The summed E-state index contributed by atoms with van der Waals surface area (Å²) in [6.45, 7) is 3.87. The number of nitrogens with two attached hydrogens (primary N) is 1. The molecule has 4 heteroatoms. The van der Waals surface area contributed by atoms with Gasteiger partial charge in [-0.2, -0.15) is 0 Å². The molecule has 0 bridgehead atoms. The highest BCUT2D eigenvalue weighted by atomic mass is 35.5. The second kappa shape index (κ2) is 6.99. The zero-order valence-electron chi connectivity index (χ0n) is 14.1. The lowest BCUT2D eigenvalue weighted by molar-refractivity contribution is 0.103. The van der Waals surface area contributed by atoms with Gasteiger partial charge in [0.05, 0.1) is 16.4 Å². The van der Waals surface area contributed by atoms with E-state index in [0.29, 0.717) is 21.8 Å². The summed E-state index contributed by atoms with van der Waals surface area (Å²) in [6, 6.07) is 18.6. The molecule has 3 aromatic rings. The first kappa shape index (κ1) is 17.1. The Morgan fingerprint density at radius 1 is 0.960 bits per heavy atom. The van der Waals surface area contributed by atoms with Crippen LogP contribution in [-0.2, 0) is 0 Å². The third-order valence-corrected chi connectivity index (χ3v) is 4.47. The van der Waals surface area contributed by atoms with Crippen molar-refractivity contribution in [1.29, 1.82) is 0 Å². The topological polar surface area (TPSA) is 55.1 Å². The van der Waals surface area contributed by atoms with Crippen molar-refractivity contribution in [3.8, 4) is 0 Å². The zero-order chi connectivity index (χ0) is 18.0. The van der Waals surface area contributed by atoms with Crippen LogP contribution >= 0.6 is 11.6 Å². The highest BCUT2D eigenvalue weighted by molar-refractivity contribution is 6.35. The minimum absolute atomic E-state index is 0.0635. The van der Waals surface area contributed by atoms with E-state index in [1.807, 2.05) is 62.4 Å². The molecule has 3 N–H and O–H groups in total. The molecule has 0 unspecified atom stereocenters. The standard InChI is InChI=1S/C21H19ClN2O/c1-13-6-5-7-14(2)20(13)21(25)16-11-10-15(12-17(16)22)24-19-9-4-3-8-18(19)23/h3-12,24H,23H2,1-2H3. The van der Waals surface area contributed by atoms with E-state index in [-0.39, 0.29) is 5.78 Å². The maximum absolute atomic E-state index is 12.9. The molecule has 0 saturated carbocycles. The lowest BCUT2D eigenvalue weighted by Crippen LogP contribution is -2.07. The predicted octanol–water partition coefficient (Wildman–Crippen LogP) is 5.51. The first-order chi connectivity index (χ1) is 12.0. The van der Waals surface area contributed by atoms with Gasteiger partial charge < -0.3 is 11.1 Å². The van der Waals surface area contributed by atoms with Gasteiger partial charge in [-0.25, -0.2) is 0 Å². The van der Waals surface area contributed by atoms with Crippen molar-refractivity contribution in [1.82, 2.24) is 0 Å². The summed E-state index contributed by atoms with van der Waals surface area (Å²) < 4.78 is 0. The molecule has 0 aliphatic carbocycles. The van der Waals surface area contributed by atoms with Gasteiger partial charge in [-0.05, 0) is 55.3 Å². The molecule has 3 rings (SSSR count). The Kier molecular flexibility index (Phi) is 4.77. The molecule has 0 aromatic heterocycles. The summed E-state index contributed by atoms with van der Waals surface area (Å²) >= 11 is 6.39. The van der Waals surface area contributed by atoms with E-state index >= 15 is 0 Å². The number of aryl methyl sites for hydroxylation is 2. The van der Waals surface area contributed by atoms with Crippen LogP contribution in [0.4, 0.5) is 17.1 Å². The summed E-state index contributed by atoms with van der Waals surface area (Å²) in [5.41, 5.74) is 11.3. The monoisotopic (exact) mass is 350 g/mol. The predicted molar refractivity (Wildman–Crippen MR) is 105 cm³/mol. The second-order valence-corrected chi connectivity index (χ2v) is 6.41. The van der Waals surface area contributed by atoms with E-state index in [0.717, 1.165) is 22.5 Å². The smallest absolute Gasteiger partial charge is 0.195 e. The van der Waals surface area contributed by atoms with Crippen LogP contribution in [0.2, 0.25) is 5.02 Å². The molecular formula is C21H19ClN2O. The normalized spacial score (nSPS) is 10.5. The van der Waals surface area contributed by atoms with E-state index in [1.165, 1.54) is 0 Å². The number of hydrogen-bond donors (Lipinski definition) is 2. The van der Waals surface area contributed by atoms with Gasteiger partial charge in [0.1, 0.15) is 0 Å². The third kappa shape index (κ3) is 3.52. The maximum atomic E-state index is 12.9. The van der Waals surface area contributed by atoms with Crippen LogP contribution in [0.1, 0.15) is 27.0 Å². The Hall–Kier alpha value is -2.78. The highest BCUT2D eigenvalue weighted by Crippen LogP contribution is 2.29. The molecule has 0 amide bonds. The second-order valence-electron chi connectivity index (χ2n) is 6.00. The van der Waals surface area contributed by atoms with Crippen LogP contribution in [-0.4, -0.2) is 5.78 Å². The van der Waals surface area contributed by atoms with Gasteiger partial charge in [-0.15, -0.1) is 0 Å². The molecule has 3 aromatic carbocycles. The van der Waals surface area contributed by atoms with E-state index in [2.05, 4.69) is 5.32 Å². The molecule has 0 aliphatic rings. The molecule has 3 nitrogen and oxygen atoms in total. The average Bonchev–Trinajstić information content (AvgIpc) is 2.57. The number of hydrogen-bond acceptors (Lipinski definition) is 3. The molecule has 25 heavy (non-hydrogen) atoms. The van der Waals surface area contributed by atoms with Crippen molar-refractivity contribution in [3.05, 3.63) is 87.9 Å². The zero-order valence-corrected chi connectivity index (χ0v) is 14.9. The van der Waals surface area contributed by atoms with E-state index in [4.69, 9.17) is 17.3 Å². The molecule has 0 atom stereocenters. The number of benzene rings is 3. The molecule has 0 saturated heterocycles. The quantitative estimate of drug-likeness (QED) is 0.481. The molecular weight excluding hydrogens is 332 g/mol. The Morgan fingerprint density at radius 3 is 2.28 bits per heavy atom. The van der Waals surface area contributed by atoms with Crippen LogP contribution < -0.4 is 11.1 Å². The first-order valence-electron chi connectivity index (χ1n) is 7.99. The lowest BCUT2D eigenvalue weighted by Gasteiger charge is -2.13. The number of anilines is 3. The van der Waals surface area contributed by atoms with Crippen LogP contribution in [0.3, 0.4) is 0 Å². The Balaban J connectivity index is 1.92. The SMILES string of the molecule is Cc1cccc(C)c1C(=O)c1ccc(Nc2ccccc2N)cc1Cl. The molecule has 0 radical (unpaired) electrons. The molecule has 0 spiro atoms. The van der Waals surface area contributed by atoms with Crippen molar-refractivity contribution in [2.24, 2.45) is 0 Å². The van der Waals surface area contributed by atoms with E-state index in [9.17, 15) is 4.79 Å². The minimum atomic E-state index is -0.0635. The lowest BCUT2D eigenvalue weighted by atomic mass is 9.95. The molecule has 0 aliphatic heterocycles. The summed E-state index contributed by atoms with van der Waals surface area (Å²) in [5, 5.41) is 3.63. The Morgan fingerprint density at radius 2 is 1.64 bits per heavy atom. The van der Waals surface area contributed by atoms with Crippen LogP contribution in [0.15, 0.2) is 60.7 Å². The number of para-hydroxylation sites is 2. The third-order valence-electron chi connectivity index (χ3n) is 4.16.